The van der Waals surface area contributed by atoms with E-state index in [4.69, 9.17) is 16.3 Å². The summed E-state index contributed by atoms with van der Waals surface area (Å²) < 4.78 is 7.79. The van der Waals surface area contributed by atoms with Gasteiger partial charge >= 0.3 is 0 Å². The van der Waals surface area contributed by atoms with Crippen LogP contribution in [-0.2, 0) is 11.4 Å². The summed E-state index contributed by atoms with van der Waals surface area (Å²) in [5, 5.41) is 12.8. The standard InChI is InChI=1S/C26H25ClN4O2S/c1-18(2)20-12-6-8-14-22(20)28-25(32)17-34-26-30-29-24(31(26)19-10-4-3-5-11-19)16-33-23-15-9-7-13-21(23)27/h3-15,18H,16-17H2,1-2H3,(H,28,32). The number of anilines is 1. The van der Waals surface area contributed by atoms with Gasteiger partial charge in [-0.05, 0) is 41.8 Å². The highest BCUT2D eigenvalue weighted by Gasteiger charge is 2.17. The normalized spacial score (nSPS) is 10.9. The van der Waals surface area contributed by atoms with Gasteiger partial charge in [-0.25, -0.2) is 0 Å². The van der Waals surface area contributed by atoms with Crippen LogP contribution in [0.5, 0.6) is 5.75 Å². The van der Waals surface area contributed by atoms with Crippen molar-refractivity contribution >= 4 is 35.0 Å². The quantitative estimate of drug-likeness (QED) is 0.275. The van der Waals surface area contributed by atoms with Crippen molar-refractivity contribution in [3.05, 3.63) is 95.3 Å². The maximum absolute atomic E-state index is 12.7. The number of halogens is 1. The molecule has 0 fully saturated rings. The highest BCUT2D eigenvalue weighted by atomic mass is 35.5. The molecule has 1 N–H and O–H groups in total. The summed E-state index contributed by atoms with van der Waals surface area (Å²) in [5.41, 5.74) is 2.83. The van der Waals surface area contributed by atoms with Crippen LogP contribution in [0.4, 0.5) is 5.69 Å². The number of thioether (sulfide) groups is 1. The molecule has 0 saturated carbocycles. The van der Waals surface area contributed by atoms with Crippen LogP contribution in [0.15, 0.2) is 84.0 Å². The number of ether oxygens (including phenoxy) is 1. The zero-order chi connectivity index (χ0) is 23.9. The largest absolute Gasteiger partial charge is 0.484 e. The summed E-state index contributed by atoms with van der Waals surface area (Å²) in [6, 6.07) is 24.9. The fourth-order valence-electron chi connectivity index (χ4n) is 3.46. The molecule has 0 unspecified atom stereocenters. The number of nitrogens with one attached hydrogen (secondary N) is 1. The summed E-state index contributed by atoms with van der Waals surface area (Å²) in [5.74, 6) is 1.59. The molecule has 0 spiro atoms. The number of rotatable bonds is 9. The Balaban J connectivity index is 1.50. The summed E-state index contributed by atoms with van der Waals surface area (Å²) in [6.45, 7) is 4.39. The van der Waals surface area contributed by atoms with Gasteiger partial charge in [0, 0.05) is 11.4 Å². The Bertz CT molecular complexity index is 1260. The molecule has 6 nitrogen and oxygen atoms in total. The number of para-hydroxylation sites is 3. The van der Waals surface area contributed by atoms with Gasteiger partial charge in [-0.1, -0.05) is 85.7 Å². The number of carbonyl (C=O) groups is 1. The van der Waals surface area contributed by atoms with Crippen LogP contribution in [0, 0.1) is 0 Å². The zero-order valence-electron chi connectivity index (χ0n) is 18.9. The van der Waals surface area contributed by atoms with E-state index < -0.39 is 0 Å². The van der Waals surface area contributed by atoms with Gasteiger partial charge in [0.2, 0.25) is 5.91 Å². The highest BCUT2D eigenvalue weighted by molar-refractivity contribution is 7.99. The second-order valence-corrected chi connectivity index (χ2v) is 9.22. The molecule has 0 bridgehead atoms. The van der Waals surface area contributed by atoms with Crippen LogP contribution in [0.2, 0.25) is 5.02 Å². The van der Waals surface area contributed by atoms with E-state index in [0.29, 0.717) is 27.7 Å². The summed E-state index contributed by atoms with van der Waals surface area (Å²) in [6.07, 6.45) is 0. The van der Waals surface area contributed by atoms with E-state index in [0.717, 1.165) is 16.9 Å². The van der Waals surface area contributed by atoms with Crippen molar-refractivity contribution in [2.45, 2.75) is 31.5 Å². The number of aromatic nitrogens is 3. The van der Waals surface area contributed by atoms with Crippen molar-refractivity contribution in [3.63, 3.8) is 0 Å². The number of hydrogen-bond acceptors (Lipinski definition) is 5. The zero-order valence-corrected chi connectivity index (χ0v) is 20.5. The van der Waals surface area contributed by atoms with Crippen molar-refractivity contribution in [1.29, 1.82) is 0 Å². The maximum Gasteiger partial charge on any atom is 0.234 e. The minimum absolute atomic E-state index is 0.102. The predicted octanol–water partition coefficient (Wildman–Crippen LogP) is 6.35. The Hall–Kier alpha value is -3.29. The van der Waals surface area contributed by atoms with Crippen LogP contribution in [-0.4, -0.2) is 26.4 Å². The first kappa shape index (κ1) is 23.9. The molecule has 0 radical (unpaired) electrons. The molecule has 174 valence electrons. The molecule has 0 aliphatic rings. The van der Waals surface area contributed by atoms with Gasteiger partial charge in [0.15, 0.2) is 11.0 Å². The van der Waals surface area contributed by atoms with E-state index in [1.807, 2.05) is 71.3 Å². The summed E-state index contributed by atoms with van der Waals surface area (Å²) >= 11 is 7.54. The molecule has 4 rings (SSSR count). The van der Waals surface area contributed by atoms with Crippen molar-refractivity contribution < 1.29 is 9.53 Å². The SMILES string of the molecule is CC(C)c1ccccc1NC(=O)CSc1nnc(COc2ccccc2Cl)n1-c1ccccc1. The lowest BCUT2D eigenvalue weighted by molar-refractivity contribution is -0.113. The molecule has 3 aromatic carbocycles. The number of benzene rings is 3. The van der Waals surface area contributed by atoms with Gasteiger partial charge in [0.05, 0.1) is 10.8 Å². The molecule has 0 aliphatic heterocycles. The van der Waals surface area contributed by atoms with E-state index >= 15 is 0 Å². The van der Waals surface area contributed by atoms with Gasteiger partial charge in [-0.2, -0.15) is 0 Å². The molecule has 1 aromatic heterocycles. The van der Waals surface area contributed by atoms with E-state index in [-0.39, 0.29) is 18.3 Å². The van der Waals surface area contributed by atoms with E-state index in [2.05, 4.69) is 29.4 Å². The van der Waals surface area contributed by atoms with Crippen LogP contribution >= 0.6 is 23.4 Å². The topological polar surface area (TPSA) is 69.0 Å². The third-order valence-corrected chi connectivity index (χ3v) is 6.34. The smallest absolute Gasteiger partial charge is 0.234 e. The summed E-state index contributed by atoms with van der Waals surface area (Å²) in [4.78, 5) is 12.7. The Morgan fingerprint density at radius 2 is 1.71 bits per heavy atom. The molecule has 1 amide bonds. The van der Waals surface area contributed by atoms with Gasteiger partial charge in [-0.3, -0.25) is 9.36 Å². The lowest BCUT2D eigenvalue weighted by Crippen LogP contribution is -2.16. The van der Waals surface area contributed by atoms with E-state index in [1.54, 1.807) is 12.1 Å². The Kier molecular flexibility index (Phi) is 7.87. The van der Waals surface area contributed by atoms with E-state index in [1.165, 1.54) is 11.8 Å². The molecule has 0 saturated heterocycles. The average Bonchev–Trinajstić information content (AvgIpc) is 3.26. The fraction of sp³-hybridized carbons (Fsp3) is 0.192. The number of hydrogen-bond donors (Lipinski definition) is 1. The molecule has 8 heteroatoms. The van der Waals surface area contributed by atoms with E-state index in [9.17, 15) is 4.79 Å². The lowest BCUT2D eigenvalue weighted by atomic mass is 10.0. The third kappa shape index (κ3) is 5.79. The lowest BCUT2D eigenvalue weighted by Gasteiger charge is -2.14. The fourth-order valence-corrected chi connectivity index (χ4v) is 4.42. The second kappa shape index (κ2) is 11.2. The molecule has 34 heavy (non-hydrogen) atoms. The van der Waals surface area contributed by atoms with Crippen molar-refractivity contribution in [1.82, 2.24) is 14.8 Å². The highest BCUT2D eigenvalue weighted by Crippen LogP contribution is 2.27. The van der Waals surface area contributed by atoms with Crippen molar-refractivity contribution in [2.75, 3.05) is 11.1 Å². The van der Waals surface area contributed by atoms with Crippen molar-refractivity contribution in [2.24, 2.45) is 0 Å². The Morgan fingerprint density at radius 3 is 2.47 bits per heavy atom. The average molecular weight is 493 g/mol. The monoisotopic (exact) mass is 492 g/mol. The maximum atomic E-state index is 12.7. The first-order valence-corrected chi connectivity index (χ1v) is 12.3. The molecule has 1 heterocycles. The van der Waals surface area contributed by atoms with Gasteiger partial charge in [-0.15, -0.1) is 10.2 Å². The molecular weight excluding hydrogens is 468 g/mol. The molecule has 0 atom stereocenters. The molecular formula is C26H25ClN4O2S. The van der Waals surface area contributed by atoms with Gasteiger partial charge < -0.3 is 10.1 Å². The first-order valence-electron chi connectivity index (χ1n) is 10.9. The van der Waals surface area contributed by atoms with Crippen molar-refractivity contribution in [3.8, 4) is 11.4 Å². The number of nitrogens with zero attached hydrogens (tertiary/aromatic N) is 3. The van der Waals surface area contributed by atoms with Gasteiger partial charge in [0.1, 0.15) is 12.4 Å². The van der Waals surface area contributed by atoms with Crippen LogP contribution in [0.25, 0.3) is 5.69 Å². The number of carbonyl (C=O) groups excluding carboxylic acids is 1. The second-order valence-electron chi connectivity index (χ2n) is 7.87. The summed E-state index contributed by atoms with van der Waals surface area (Å²) in [7, 11) is 0. The van der Waals surface area contributed by atoms with Gasteiger partial charge in [0.25, 0.3) is 0 Å². The van der Waals surface area contributed by atoms with Crippen LogP contribution < -0.4 is 10.1 Å². The van der Waals surface area contributed by atoms with Crippen LogP contribution in [0.1, 0.15) is 31.2 Å². The molecule has 4 aromatic rings. The third-order valence-electron chi connectivity index (χ3n) is 5.10. The molecule has 0 aliphatic carbocycles. The van der Waals surface area contributed by atoms with Crippen LogP contribution in [0.3, 0.4) is 0 Å². The minimum Gasteiger partial charge on any atom is -0.484 e. The Labute approximate surface area is 208 Å². The predicted molar refractivity (Wildman–Crippen MR) is 137 cm³/mol. The first-order chi connectivity index (χ1) is 16.5. The number of amides is 1. The Morgan fingerprint density at radius 1 is 1.00 bits per heavy atom. The minimum atomic E-state index is -0.102.